The summed E-state index contributed by atoms with van der Waals surface area (Å²) in [7, 11) is 2.02. The van der Waals surface area contributed by atoms with Gasteiger partial charge in [-0.2, -0.15) is 0 Å². The SMILES string of the molecule is Cc1nc(N(C)CC2(O)CCCC2)sc1C. The van der Waals surface area contributed by atoms with Crippen LogP contribution >= 0.6 is 11.3 Å². The summed E-state index contributed by atoms with van der Waals surface area (Å²) in [6, 6.07) is 0. The molecule has 0 aliphatic heterocycles. The average Bonchev–Trinajstić information content (AvgIpc) is 2.75. The predicted molar refractivity (Wildman–Crippen MR) is 68.3 cm³/mol. The summed E-state index contributed by atoms with van der Waals surface area (Å²) in [6.45, 7) is 4.83. The average molecular weight is 240 g/mol. The number of thiazole rings is 1. The van der Waals surface area contributed by atoms with Gasteiger partial charge in [0, 0.05) is 18.5 Å². The van der Waals surface area contributed by atoms with E-state index in [0.717, 1.165) is 36.5 Å². The van der Waals surface area contributed by atoms with Gasteiger partial charge in [-0.05, 0) is 26.7 Å². The summed E-state index contributed by atoms with van der Waals surface area (Å²) in [4.78, 5) is 7.87. The van der Waals surface area contributed by atoms with E-state index < -0.39 is 5.60 Å². The fourth-order valence-corrected chi connectivity index (χ4v) is 3.19. The summed E-state index contributed by atoms with van der Waals surface area (Å²) < 4.78 is 0. The number of nitrogens with zero attached hydrogens (tertiary/aromatic N) is 2. The highest BCUT2D eigenvalue weighted by atomic mass is 32.1. The van der Waals surface area contributed by atoms with Gasteiger partial charge in [-0.15, -0.1) is 11.3 Å². The van der Waals surface area contributed by atoms with E-state index in [1.807, 2.05) is 14.0 Å². The number of rotatable bonds is 3. The third-order valence-corrected chi connectivity index (χ3v) is 4.60. The van der Waals surface area contributed by atoms with Crippen LogP contribution in [0.2, 0.25) is 0 Å². The molecular weight excluding hydrogens is 220 g/mol. The summed E-state index contributed by atoms with van der Waals surface area (Å²) in [6.07, 6.45) is 4.17. The molecule has 4 heteroatoms. The van der Waals surface area contributed by atoms with Crippen LogP contribution < -0.4 is 4.90 Å². The van der Waals surface area contributed by atoms with Crippen molar-refractivity contribution in [1.82, 2.24) is 4.98 Å². The van der Waals surface area contributed by atoms with Crippen molar-refractivity contribution in [3.8, 4) is 0 Å². The van der Waals surface area contributed by atoms with Crippen molar-refractivity contribution in [3.05, 3.63) is 10.6 Å². The van der Waals surface area contributed by atoms with Gasteiger partial charge in [0.2, 0.25) is 0 Å². The smallest absolute Gasteiger partial charge is 0.185 e. The Labute approximate surface area is 101 Å². The second-order valence-corrected chi connectivity index (χ2v) is 6.11. The molecule has 1 N–H and O–H groups in total. The molecule has 1 fully saturated rings. The first-order valence-electron chi connectivity index (χ1n) is 5.88. The lowest BCUT2D eigenvalue weighted by Gasteiger charge is -2.28. The van der Waals surface area contributed by atoms with Crippen molar-refractivity contribution in [1.29, 1.82) is 0 Å². The standard InChI is InChI=1S/C12H20N2OS/c1-9-10(2)16-11(13-9)14(3)8-12(15)6-4-5-7-12/h15H,4-8H2,1-3H3. The number of aryl methyl sites for hydroxylation is 2. The number of aliphatic hydroxyl groups is 1. The minimum absolute atomic E-state index is 0.484. The highest BCUT2D eigenvalue weighted by Crippen LogP contribution is 2.32. The molecule has 1 aromatic rings. The Bertz CT molecular complexity index is 350. The second kappa shape index (κ2) is 4.34. The Morgan fingerprint density at radius 1 is 1.38 bits per heavy atom. The maximum absolute atomic E-state index is 10.3. The van der Waals surface area contributed by atoms with E-state index in [1.165, 1.54) is 4.88 Å². The molecular formula is C12H20N2OS. The Morgan fingerprint density at radius 2 is 2.00 bits per heavy atom. The molecule has 0 aromatic carbocycles. The molecule has 1 aliphatic rings. The van der Waals surface area contributed by atoms with Crippen molar-refractivity contribution in [2.24, 2.45) is 0 Å². The van der Waals surface area contributed by atoms with Crippen molar-refractivity contribution in [2.45, 2.75) is 45.1 Å². The van der Waals surface area contributed by atoms with Crippen molar-refractivity contribution < 1.29 is 5.11 Å². The second-order valence-electron chi connectivity index (χ2n) is 4.93. The molecule has 0 amide bonds. The Hall–Kier alpha value is -0.610. The topological polar surface area (TPSA) is 36.4 Å². The third kappa shape index (κ3) is 2.38. The molecule has 0 unspecified atom stereocenters. The van der Waals surface area contributed by atoms with E-state index in [2.05, 4.69) is 16.8 Å². The van der Waals surface area contributed by atoms with Gasteiger partial charge < -0.3 is 10.0 Å². The quantitative estimate of drug-likeness (QED) is 0.882. The first-order valence-corrected chi connectivity index (χ1v) is 6.69. The monoisotopic (exact) mass is 240 g/mol. The molecule has 0 bridgehead atoms. The van der Waals surface area contributed by atoms with Crippen LogP contribution in [-0.4, -0.2) is 29.3 Å². The van der Waals surface area contributed by atoms with Gasteiger partial charge in [-0.3, -0.25) is 0 Å². The van der Waals surface area contributed by atoms with Crippen LogP contribution in [0.1, 0.15) is 36.3 Å². The molecule has 90 valence electrons. The summed E-state index contributed by atoms with van der Waals surface area (Å²) >= 11 is 1.71. The van der Waals surface area contributed by atoms with Gasteiger partial charge in [-0.1, -0.05) is 12.8 Å². The molecule has 16 heavy (non-hydrogen) atoms. The van der Waals surface area contributed by atoms with Gasteiger partial charge in [0.1, 0.15) is 0 Å². The van der Waals surface area contributed by atoms with Gasteiger partial charge in [0.15, 0.2) is 5.13 Å². The van der Waals surface area contributed by atoms with Crippen LogP contribution in [0, 0.1) is 13.8 Å². The zero-order chi connectivity index (χ0) is 11.8. The van der Waals surface area contributed by atoms with Crippen LogP contribution in [0.3, 0.4) is 0 Å². The van der Waals surface area contributed by atoms with Crippen LogP contribution in [0.15, 0.2) is 0 Å². The van der Waals surface area contributed by atoms with Crippen molar-refractivity contribution >= 4 is 16.5 Å². The maximum Gasteiger partial charge on any atom is 0.185 e. The molecule has 0 spiro atoms. The summed E-state index contributed by atoms with van der Waals surface area (Å²) in [5, 5.41) is 11.4. The lowest BCUT2D eigenvalue weighted by molar-refractivity contribution is 0.0559. The van der Waals surface area contributed by atoms with Crippen LogP contribution in [0.4, 0.5) is 5.13 Å². The Balaban J connectivity index is 2.05. The Kier molecular flexibility index (Phi) is 3.22. The number of hydrogen-bond donors (Lipinski definition) is 1. The number of aromatic nitrogens is 1. The summed E-state index contributed by atoms with van der Waals surface area (Å²) in [5.74, 6) is 0. The highest BCUT2D eigenvalue weighted by Gasteiger charge is 2.32. The van der Waals surface area contributed by atoms with Gasteiger partial charge in [0.05, 0.1) is 11.3 Å². The van der Waals surface area contributed by atoms with Crippen LogP contribution in [0.5, 0.6) is 0 Å². The number of hydrogen-bond acceptors (Lipinski definition) is 4. The lowest BCUT2D eigenvalue weighted by atomic mass is 10.0. The highest BCUT2D eigenvalue weighted by molar-refractivity contribution is 7.15. The molecule has 1 aromatic heterocycles. The fraction of sp³-hybridized carbons (Fsp3) is 0.750. The van der Waals surface area contributed by atoms with Gasteiger partial charge in [0.25, 0.3) is 0 Å². The summed E-state index contributed by atoms with van der Waals surface area (Å²) in [5.41, 5.74) is 0.618. The molecule has 0 radical (unpaired) electrons. The van der Waals surface area contributed by atoms with E-state index in [1.54, 1.807) is 11.3 Å². The maximum atomic E-state index is 10.3. The van der Waals surface area contributed by atoms with Gasteiger partial charge in [-0.25, -0.2) is 4.98 Å². The first-order chi connectivity index (χ1) is 7.50. The molecule has 0 atom stereocenters. The van der Waals surface area contributed by atoms with Crippen LogP contribution in [-0.2, 0) is 0 Å². The van der Waals surface area contributed by atoms with E-state index in [9.17, 15) is 5.11 Å². The lowest BCUT2D eigenvalue weighted by Crippen LogP contribution is -2.39. The zero-order valence-corrected chi connectivity index (χ0v) is 11.1. The van der Waals surface area contributed by atoms with Crippen LogP contribution in [0.25, 0.3) is 0 Å². The largest absolute Gasteiger partial charge is 0.388 e. The minimum Gasteiger partial charge on any atom is -0.388 e. The first kappa shape index (κ1) is 11.9. The Morgan fingerprint density at radius 3 is 2.50 bits per heavy atom. The van der Waals surface area contributed by atoms with Crippen molar-refractivity contribution in [3.63, 3.8) is 0 Å². The molecule has 2 rings (SSSR count). The third-order valence-electron chi connectivity index (χ3n) is 3.41. The van der Waals surface area contributed by atoms with E-state index in [0.29, 0.717) is 6.54 Å². The van der Waals surface area contributed by atoms with Crippen molar-refractivity contribution in [2.75, 3.05) is 18.5 Å². The normalized spacial score (nSPS) is 19.0. The molecule has 1 heterocycles. The van der Waals surface area contributed by atoms with Gasteiger partial charge >= 0.3 is 0 Å². The molecule has 3 nitrogen and oxygen atoms in total. The van der Waals surface area contributed by atoms with E-state index >= 15 is 0 Å². The molecule has 1 aliphatic carbocycles. The number of anilines is 1. The molecule has 1 saturated carbocycles. The predicted octanol–water partition coefficient (Wildman–Crippen LogP) is 2.50. The number of likely N-dealkylation sites (N-methyl/N-ethyl adjacent to an activating group) is 1. The van der Waals surface area contributed by atoms with E-state index in [-0.39, 0.29) is 0 Å². The molecule has 0 saturated heterocycles. The zero-order valence-electron chi connectivity index (χ0n) is 10.3. The fourth-order valence-electron chi connectivity index (χ4n) is 2.32. The minimum atomic E-state index is -0.484. The van der Waals surface area contributed by atoms with E-state index in [4.69, 9.17) is 0 Å².